The van der Waals surface area contributed by atoms with E-state index in [2.05, 4.69) is 15.3 Å². The van der Waals surface area contributed by atoms with Crippen LogP contribution in [0.5, 0.6) is 0 Å². The molecule has 2 aromatic heterocycles. The number of hydrogen-bond acceptors (Lipinski definition) is 2. The van der Waals surface area contributed by atoms with E-state index in [9.17, 15) is 9.18 Å². The van der Waals surface area contributed by atoms with Gasteiger partial charge < -0.3 is 14.9 Å². The number of nitrogens with one attached hydrogen (secondary N) is 2. The van der Waals surface area contributed by atoms with Gasteiger partial charge in [0.2, 0.25) is 5.91 Å². The molecule has 0 radical (unpaired) electrons. The van der Waals surface area contributed by atoms with E-state index >= 15 is 0 Å². The zero-order valence-electron chi connectivity index (χ0n) is 13.6. The lowest BCUT2D eigenvalue weighted by molar-refractivity contribution is -0.125. The van der Waals surface area contributed by atoms with Crippen LogP contribution in [0.2, 0.25) is 5.02 Å². The number of carbonyl (C=O) groups excluding carboxylic acids is 1. The summed E-state index contributed by atoms with van der Waals surface area (Å²) in [5.41, 5.74) is 2.91. The van der Waals surface area contributed by atoms with Gasteiger partial charge in [-0.15, -0.1) is 0 Å². The number of amides is 1. The Hall–Kier alpha value is -2.34. The van der Waals surface area contributed by atoms with Crippen molar-refractivity contribution in [2.24, 2.45) is 5.92 Å². The molecule has 0 aliphatic carbocycles. The normalized spacial score (nSPS) is 16.8. The molecule has 0 spiro atoms. The number of imidazole rings is 1. The molecule has 0 saturated carbocycles. The largest absolute Gasteiger partial charge is 0.361 e. The van der Waals surface area contributed by atoms with Crippen molar-refractivity contribution in [2.45, 2.75) is 25.8 Å². The summed E-state index contributed by atoms with van der Waals surface area (Å²) >= 11 is 5.87. The molecule has 0 bridgehead atoms. The van der Waals surface area contributed by atoms with Crippen LogP contribution in [0.25, 0.3) is 10.9 Å². The Kier molecular flexibility index (Phi) is 4.21. The third-order valence-electron chi connectivity index (χ3n) is 4.84. The van der Waals surface area contributed by atoms with E-state index in [-0.39, 0.29) is 16.8 Å². The van der Waals surface area contributed by atoms with Gasteiger partial charge in [-0.3, -0.25) is 4.79 Å². The Balaban J connectivity index is 1.36. The minimum absolute atomic E-state index is 0.0202. The Morgan fingerprint density at radius 3 is 3.24 bits per heavy atom. The van der Waals surface area contributed by atoms with Crippen molar-refractivity contribution in [3.05, 3.63) is 53.0 Å². The van der Waals surface area contributed by atoms with Crippen molar-refractivity contribution < 1.29 is 9.18 Å². The highest BCUT2D eigenvalue weighted by Crippen LogP contribution is 2.25. The first-order valence-corrected chi connectivity index (χ1v) is 8.71. The van der Waals surface area contributed by atoms with Crippen molar-refractivity contribution in [2.75, 3.05) is 6.54 Å². The summed E-state index contributed by atoms with van der Waals surface area (Å²) in [5.74, 6) is -0.386. The predicted molar refractivity (Wildman–Crippen MR) is 94.0 cm³/mol. The van der Waals surface area contributed by atoms with Crippen LogP contribution in [0, 0.1) is 11.7 Å². The standard InChI is InChI=1S/C18H18ClFN4O/c19-15-5-14-11(7-23-17(14)6-16(15)20)3-4-22-18(25)12-1-2-13-8-21-10-24(13)9-12/h5-8,10,12,23H,1-4,9H2,(H,22,25). The van der Waals surface area contributed by atoms with Crippen LogP contribution in [-0.2, 0) is 24.2 Å². The topological polar surface area (TPSA) is 62.7 Å². The number of hydrogen-bond donors (Lipinski definition) is 2. The highest BCUT2D eigenvalue weighted by Gasteiger charge is 2.24. The maximum absolute atomic E-state index is 13.5. The minimum Gasteiger partial charge on any atom is -0.361 e. The number of nitrogens with zero attached hydrogens (tertiary/aromatic N) is 2. The van der Waals surface area contributed by atoms with Crippen molar-refractivity contribution in [3.8, 4) is 0 Å². The monoisotopic (exact) mass is 360 g/mol. The number of aromatic amines is 1. The molecule has 1 aliphatic heterocycles. The Morgan fingerprint density at radius 2 is 2.36 bits per heavy atom. The lowest BCUT2D eigenvalue weighted by Gasteiger charge is -2.23. The number of aryl methyl sites for hydroxylation is 1. The van der Waals surface area contributed by atoms with Crippen molar-refractivity contribution in [1.29, 1.82) is 0 Å². The first-order chi connectivity index (χ1) is 12.1. The highest BCUT2D eigenvalue weighted by molar-refractivity contribution is 6.31. The van der Waals surface area contributed by atoms with Crippen molar-refractivity contribution in [3.63, 3.8) is 0 Å². The molecule has 1 amide bonds. The number of rotatable bonds is 4. The molecule has 1 unspecified atom stereocenters. The van der Waals surface area contributed by atoms with E-state index in [0.29, 0.717) is 25.0 Å². The number of H-pyrrole nitrogens is 1. The molecule has 1 aromatic carbocycles. The lowest BCUT2D eigenvalue weighted by Crippen LogP contribution is -2.36. The summed E-state index contributed by atoms with van der Waals surface area (Å²) in [7, 11) is 0. The molecular weight excluding hydrogens is 343 g/mol. The zero-order chi connectivity index (χ0) is 17.4. The lowest BCUT2D eigenvalue weighted by atomic mass is 9.97. The van der Waals surface area contributed by atoms with Crippen LogP contribution in [-0.4, -0.2) is 27.0 Å². The van der Waals surface area contributed by atoms with Gasteiger partial charge in [0.15, 0.2) is 0 Å². The van der Waals surface area contributed by atoms with Gasteiger partial charge in [-0.25, -0.2) is 9.37 Å². The number of benzene rings is 1. The van der Waals surface area contributed by atoms with E-state index < -0.39 is 5.82 Å². The van der Waals surface area contributed by atoms with Gasteiger partial charge in [0.05, 0.1) is 17.3 Å². The van der Waals surface area contributed by atoms with Gasteiger partial charge in [-0.05, 0) is 37.0 Å². The van der Waals surface area contributed by atoms with Crippen molar-refractivity contribution >= 4 is 28.4 Å². The van der Waals surface area contributed by atoms with Crippen LogP contribution < -0.4 is 5.32 Å². The van der Waals surface area contributed by atoms with E-state index in [1.807, 2.05) is 17.0 Å². The van der Waals surface area contributed by atoms with Crippen LogP contribution in [0.3, 0.4) is 0 Å². The molecule has 3 heterocycles. The SMILES string of the molecule is O=C(NCCc1c[nH]c2cc(F)c(Cl)cc12)C1CCc2cncn2C1. The third-order valence-corrected chi connectivity index (χ3v) is 5.13. The van der Waals surface area contributed by atoms with Gasteiger partial charge >= 0.3 is 0 Å². The van der Waals surface area contributed by atoms with Crippen molar-refractivity contribution in [1.82, 2.24) is 19.9 Å². The van der Waals surface area contributed by atoms with Gasteiger partial charge in [0, 0.05) is 42.1 Å². The first-order valence-electron chi connectivity index (χ1n) is 8.33. The fourth-order valence-corrected chi connectivity index (χ4v) is 3.60. The molecule has 1 atom stereocenters. The van der Waals surface area contributed by atoms with Gasteiger partial charge in [0.1, 0.15) is 5.82 Å². The average Bonchev–Trinajstić information content (AvgIpc) is 3.22. The van der Waals surface area contributed by atoms with Crippen LogP contribution in [0.1, 0.15) is 17.7 Å². The van der Waals surface area contributed by atoms with E-state index in [4.69, 9.17) is 11.6 Å². The predicted octanol–water partition coefficient (Wildman–Crippen LogP) is 3.08. The Labute approximate surface area is 149 Å². The second kappa shape index (κ2) is 6.52. The van der Waals surface area contributed by atoms with E-state index in [1.165, 1.54) is 11.8 Å². The molecule has 1 aliphatic rings. The molecule has 0 fully saturated rings. The summed E-state index contributed by atoms with van der Waals surface area (Å²) in [5, 5.41) is 4.01. The molecule has 0 saturated heterocycles. The zero-order valence-corrected chi connectivity index (χ0v) is 14.3. The third kappa shape index (κ3) is 3.14. The maximum Gasteiger partial charge on any atom is 0.224 e. The van der Waals surface area contributed by atoms with Gasteiger partial charge in [-0.1, -0.05) is 11.6 Å². The molecule has 130 valence electrons. The van der Waals surface area contributed by atoms with Gasteiger partial charge in [-0.2, -0.15) is 0 Å². The first kappa shape index (κ1) is 16.1. The summed E-state index contributed by atoms with van der Waals surface area (Å²) in [4.78, 5) is 19.6. The summed E-state index contributed by atoms with van der Waals surface area (Å²) < 4.78 is 15.5. The summed E-state index contributed by atoms with van der Waals surface area (Å²) in [6.45, 7) is 1.22. The quantitative estimate of drug-likeness (QED) is 0.751. The van der Waals surface area contributed by atoms with E-state index in [1.54, 1.807) is 12.4 Å². The maximum atomic E-state index is 13.5. The average molecular weight is 361 g/mol. The number of halogens is 2. The Morgan fingerprint density at radius 1 is 1.48 bits per heavy atom. The molecule has 5 nitrogen and oxygen atoms in total. The smallest absolute Gasteiger partial charge is 0.224 e. The number of carbonyl (C=O) groups is 1. The second-order valence-electron chi connectivity index (χ2n) is 6.44. The fourth-order valence-electron chi connectivity index (χ4n) is 3.43. The van der Waals surface area contributed by atoms with Crippen LogP contribution in [0.4, 0.5) is 4.39 Å². The van der Waals surface area contributed by atoms with Crippen LogP contribution in [0.15, 0.2) is 30.9 Å². The fraction of sp³-hybridized carbons (Fsp3) is 0.333. The second-order valence-corrected chi connectivity index (χ2v) is 6.85. The van der Waals surface area contributed by atoms with Gasteiger partial charge in [0.25, 0.3) is 0 Å². The molecular formula is C18H18ClFN4O. The summed E-state index contributed by atoms with van der Waals surface area (Å²) in [6.07, 6.45) is 7.87. The highest BCUT2D eigenvalue weighted by atomic mass is 35.5. The molecule has 2 N–H and O–H groups in total. The molecule has 4 rings (SSSR count). The molecule has 25 heavy (non-hydrogen) atoms. The van der Waals surface area contributed by atoms with Crippen LogP contribution >= 0.6 is 11.6 Å². The number of aromatic nitrogens is 3. The Bertz CT molecular complexity index is 932. The number of fused-ring (bicyclic) bond motifs is 2. The molecule has 7 heteroatoms. The molecule has 3 aromatic rings. The van der Waals surface area contributed by atoms with E-state index in [0.717, 1.165) is 23.8 Å². The summed E-state index contributed by atoms with van der Waals surface area (Å²) in [6, 6.07) is 3.02. The minimum atomic E-state index is -0.438.